The highest BCUT2D eigenvalue weighted by Crippen LogP contribution is 2.49. The molecule has 0 spiro atoms. The highest BCUT2D eigenvalue weighted by molar-refractivity contribution is 4.90. The largest absolute Gasteiger partial charge is 0.328 e. The Morgan fingerprint density at radius 3 is 2.67 bits per heavy atom. The van der Waals surface area contributed by atoms with Gasteiger partial charge in [0.1, 0.15) is 6.17 Å². The zero-order valence-electron chi connectivity index (χ0n) is 7.51. The third kappa shape index (κ3) is 1.49. The van der Waals surface area contributed by atoms with Crippen LogP contribution in [0.2, 0.25) is 0 Å². The van der Waals surface area contributed by atoms with Crippen molar-refractivity contribution in [3.05, 3.63) is 0 Å². The molecule has 2 saturated carbocycles. The van der Waals surface area contributed by atoms with Crippen LogP contribution in [0, 0.1) is 17.8 Å². The fourth-order valence-corrected chi connectivity index (χ4v) is 3.09. The Bertz CT molecular complexity index is 160. The van der Waals surface area contributed by atoms with Crippen LogP contribution in [0.3, 0.4) is 0 Å². The van der Waals surface area contributed by atoms with Gasteiger partial charge in [-0.05, 0) is 43.4 Å². The van der Waals surface area contributed by atoms with Gasteiger partial charge in [-0.2, -0.15) is 0 Å². The number of nitrogens with two attached hydrogens (primary N) is 1. The van der Waals surface area contributed by atoms with Crippen molar-refractivity contribution in [2.45, 2.75) is 38.3 Å². The maximum Gasteiger partial charge on any atom is 0.113 e. The van der Waals surface area contributed by atoms with E-state index in [2.05, 4.69) is 0 Å². The molecule has 0 aromatic rings. The molecule has 2 N–H and O–H groups in total. The van der Waals surface area contributed by atoms with Crippen molar-refractivity contribution in [3.8, 4) is 0 Å². The summed E-state index contributed by atoms with van der Waals surface area (Å²) >= 11 is 0. The van der Waals surface area contributed by atoms with E-state index >= 15 is 0 Å². The molecule has 2 heteroatoms. The number of halogens is 1. The van der Waals surface area contributed by atoms with Gasteiger partial charge in [-0.25, -0.2) is 4.39 Å². The minimum atomic E-state index is -0.741. The summed E-state index contributed by atoms with van der Waals surface area (Å²) in [7, 11) is 0. The Morgan fingerprint density at radius 1 is 1.33 bits per heavy atom. The standard InChI is InChI=1S/C10H18FN/c11-10(6-12)5-9-4-7-1-2-8(9)3-7/h7-10H,1-6,12H2. The molecule has 0 aromatic carbocycles. The Hall–Kier alpha value is -0.110. The topological polar surface area (TPSA) is 26.0 Å². The molecule has 0 aliphatic heterocycles. The monoisotopic (exact) mass is 171 g/mol. The number of fused-ring (bicyclic) bond motifs is 2. The third-order valence-corrected chi connectivity index (χ3v) is 3.70. The lowest BCUT2D eigenvalue weighted by Crippen LogP contribution is -2.22. The Balaban J connectivity index is 1.82. The lowest BCUT2D eigenvalue weighted by molar-refractivity contribution is 0.222. The predicted octanol–water partition coefficient (Wildman–Crippen LogP) is 2.11. The molecule has 0 aromatic heterocycles. The first-order chi connectivity index (χ1) is 5.79. The summed E-state index contributed by atoms with van der Waals surface area (Å²) in [5, 5.41) is 0. The molecule has 2 rings (SSSR count). The van der Waals surface area contributed by atoms with Gasteiger partial charge in [0.25, 0.3) is 0 Å². The van der Waals surface area contributed by atoms with Crippen molar-refractivity contribution in [2.75, 3.05) is 6.54 Å². The second-order valence-electron chi connectivity index (χ2n) is 4.50. The van der Waals surface area contributed by atoms with Crippen molar-refractivity contribution in [3.63, 3.8) is 0 Å². The van der Waals surface area contributed by atoms with E-state index in [1.807, 2.05) is 0 Å². The minimum Gasteiger partial charge on any atom is -0.328 e. The summed E-state index contributed by atoms with van der Waals surface area (Å²) in [4.78, 5) is 0. The van der Waals surface area contributed by atoms with Gasteiger partial charge in [-0.1, -0.05) is 6.42 Å². The molecule has 4 unspecified atom stereocenters. The molecule has 2 aliphatic rings. The lowest BCUT2D eigenvalue weighted by atomic mass is 9.85. The average molecular weight is 171 g/mol. The van der Waals surface area contributed by atoms with E-state index in [9.17, 15) is 4.39 Å². The van der Waals surface area contributed by atoms with Crippen LogP contribution in [0.25, 0.3) is 0 Å². The Kier molecular flexibility index (Phi) is 2.35. The summed E-state index contributed by atoms with van der Waals surface area (Å²) in [5.41, 5.74) is 5.27. The van der Waals surface area contributed by atoms with Crippen LogP contribution in [0.1, 0.15) is 32.1 Å². The molecule has 70 valence electrons. The first-order valence-corrected chi connectivity index (χ1v) is 5.13. The molecule has 12 heavy (non-hydrogen) atoms. The lowest BCUT2D eigenvalue weighted by Gasteiger charge is -2.22. The fraction of sp³-hybridized carbons (Fsp3) is 1.00. The van der Waals surface area contributed by atoms with Gasteiger partial charge < -0.3 is 5.73 Å². The maximum atomic E-state index is 13.0. The number of hydrogen-bond donors (Lipinski definition) is 1. The normalized spacial score (nSPS) is 42.0. The van der Waals surface area contributed by atoms with Gasteiger partial charge >= 0.3 is 0 Å². The predicted molar refractivity (Wildman–Crippen MR) is 47.5 cm³/mol. The zero-order valence-corrected chi connectivity index (χ0v) is 7.51. The van der Waals surface area contributed by atoms with Crippen LogP contribution >= 0.6 is 0 Å². The summed E-state index contributed by atoms with van der Waals surface area (Å²) in [6, 6.07) is 0. The minimum absolute atomic E-state index is 0.216. The maximum absolute atomic E-state index is 13.0. The highest BCUT2D eigenvalue weighted by Gasteiger charge is 2.39. The van der Waals surface area contributed by atoms with E-state index in [1.54, 1.807) is 0 Å². The summed E-state index contributed by atoms with van der Waals surface area (Å²) < 4.78 is 13.0. The van der Waals surface area contributed by atoms with Gasteiger partial charge in [0.05, 0.1) is 0 Å². The summed E-state index contributed by atoms with van der Waals surface area (Å²) in [5.74, 6) is 2.45. The van der Waals surface area contributed by atoms with Gasteiger partial charge in [0.2, 0.25) is 0 Å². The van der Waals surface area contributed by atoms with E-state index in [4.69, 9.17) is 5.73 Å². The number of rotatable bonds is 3. The van der Waals surface area contributed by atoms with Crippen LogP contribution in [-0.4, -0.2) is 12.7 Å². The van der Waals surface area contributed by atoms with Crippen LogP contribution in [0.4, 0.5) is 4.39 Å². The highest BCUT2D eigenvalue weighted by atomic mass is 19.1. The Labute approximate surface area is 73.5 Å². The van der Waals surface area contributed by atoms with Crippen LogP contribution in [0.5, 0.6) is 0 Å². The van der Waals surface area contributed by atoms with E-state index < -0.39 is 6.17 Å². The molecule has 0 saturated heterocycles. The molecular formula is C10H18FN. The number of alkyl halides is 1. The molecule has 2 aliphatic carbocycles. The van der Waals surface area contributed by atoms with Crippen molar-refractivity contribution >= 4 is 0 Å². The van der Waals surface area contributed by atoms with Gasteiger partial charge in [0.15, 0.2) is 0 Å². The van der Waals surface area contributed by atoms with Crippen LogP contribution in [0.15, 0.2) is 0 Å². The quantitative estimate of drug-likeness (QED) is 0.691. The van der Waals surface area contributed by atoms with Crippen molar-refractivity contribution in [2.24, 2.45) is 23.5 Å². The van der Waals surface area contributed by atoms with Crippen molar-refractivity contribution < 1.29 is 4.39 Å². The van der Waals surface area contributed by atoms with E-state index in [0.717, 1.165) is 18.3 Å². The van der Waals surface area contributed by atoms with Crippen molar-refractivity contribution in [1.82, 2.24) is 0 Å². The average Bonchev–Trinajstić information content (AvgIpc) is 2.64. The Morgan fingerprint density at radius 2 is 2.17 bits per heavy atom. The number of hydrogen-bond acceptors (Lipinski definition) is 1. The molecule has 2 bridgehead atoms. The first-order valence-electron chi connectivity index (χ1n) is 5.13. The second-order valence-corrected chi connectivity index (χ2v) is 4.50. The summed E-state index contributed by atoms with van der Waals surface area (Å²) in [6.45, 7) is 0.216. The van der Waals surface area contributed by atoms with E-state index in [0.29, 0.717) is 5.92 Å². The molecular weight excluding hydrogens is 153 g/mol. The van der Waals surface area contributed by atoms with Crippen molar-refractivity contribution in [1.29, 1.82) is 0 Å². The third-order valence-electron chi connectivity index (χ3n) is 3.70. The molecule has 0 amide bonds. The molecule has 1 nitrogen and oxygen atoms in total. The van der Waals surface area contributed by atoms with Crippen LogP contribution < -0.4 is 5.73 Å². The van der Waals surface area contributed by atoms with Crippen LogP contribution in [-0.2, 0) is 0 Å². The fourth-order valence-electron chi connectivity index (χ4n) is 3.09. The van der Waals surface area contributed by atoms with E-state index in [1.165, 1.54) is 25.7 Å². The molecule has 4 atom stereocenters. The van der Waals surface area contributed by atoms with E-state index in [-0.39, 0.29) is 6.54 Å². The van der Waals surface area contributed by atoms with Gasteiger partial charge in [0, 0.05) is 6.54 Å². The van der Waals surface area contributed by atoms with Gasteiger partial charge in [-0.15, -0.1) is 0 Å². The molecule has 0 heterocycles. The SMILES string of the molecule is NCC(F)CC1CC2CCC1C2. The van der Waals surface area contributed by atoms with Gasteiger partial charge in [-0.3, -0.25) is 0 Å². The smallest absolute Gasteiger partial charge is 0.113 e. The molecule has 2 fully saturated rings. The zero-order chi connectivity index (χ0) is 8.55. The molecule has 0 radical (unpaired) electrons. The second kappa shape index (κ2) is 3.33. The first kappa shape index (κ1) is 8.49. The summed E-state index contributed by atoms with van der Waals surface area (Å²) in [6.07, 6.45) is 5.41.